The van der Waals surface area contributed by atoms with Crippen molar-refractivity contribution in [3.63, 3.8) is 0 Å². The molecule has 0 aromatic carbocycles. The van der Waals surface area contributed by atoms with Crippen molar-refractivity contribution in [3.8, 4) is 0 Å². The molecule has 4 nitrogen and oxygen atoms in total. The van der Waals surface area contributed by atoms with Gasteiger partial charge in [0.05, 0.1) is 16.8 Å². The zero-order valence-electron chi connectivity index (χ0n) is 13.2. The van der Waals surface area contributed by atoms with Crippen LogP contribution in [-0.4, -0.2) is 28.1 Å². The van der Waals surface area contributed by atoms with Crippen molar-refractivity contribution in [3.05, 3.63) is 12.3 Å². The lowest BCUT2D eigenvalue weighted by Gasteiger charge is -2.33. The second kappa shape index (κ2) is 4.60. The first-order chi connectivity index (χ1) is 9.28. The molecular weight excluding hydrogens is 251 g/mol. The predicted octanol–water partition coefficient (Wildman–Crippen LogP) is 2.23. The average molecular weight is 276 g/mol. The molecule has 1 aliphatic heterocycles. The van der Waals surface area contributed by atoms with Crippen LogP contribution in [0.5, 0.6) is 0 Å². The molecule has 0 spiro atoms. The summed E-state index contributed by atoms with van der Waals surface area (Å²) in [5, 5.41) is 4.46. The molecule has 0 radical (unpaired) electrons. The molecule has 1 aromatic heterocycles. The van der Waals surface area contributed by atoms with E-state index in [1.54, 1.807) is 0 Å². The third-order valence-electron chi connectivity index (χ3n) is 5.15. The minimum Gasteiger partial charge on any atom is -0.398 e. The zero-order chi connectivity index (χ0) is 14.5. The molecule has 3 rings (SSSR count). The molecule has 1 aliphatic carbocycles. The van der Waals surface area contributed by atoms with E-state index in [2.05, 4.69) is 44.4 Å². The smallest absolute Gasteiger partial charge is 0.398 e. The van der Waals surface area contributed by atoms with Gasteiger partial charge in [-0.15, -0.1) is 0 Å². The van der Waals surface area contributed by atoms with Crippen molar-refractivity contribution >= 4 is 12.7 Å². The van der Waals surface area contributed by atoms with Crippen molar-refractivity contribution in [2.75, 3.05) is 0 Å². The predicted molar refractivity (Wildman–Crippen MR) is 79.8 cm³/mol. The SMILES string of the molecule is CC1CC(Cn2nccc2B2OC(C)(C)C(C)(C)O2)C1. The fourth-order valence-corrected chi connectivity index (χ4v) is 3.12. The second-order valence-corrected chi connectivity index (χ2v) is 7.47. The first-order valence-corrected chi connectivity index (χ1v) is 7.66. The van der Waals surface area contributed by atoms with Gasteiger partial charge in [0.2, 0.25) is 0 Å². The van der Waals surface area contributed by atoms with Gasteiger partial charge in [0, 0.05) is 12.7 Å². The Morgan fingerprint density at radius 2 is 1.85 bits per heavy atom. The molecule has 2 heterocycles. The first-order valence-electron chi connectivity index (χ1n) is 7.66. The topological polar surface area (TPSA) is 36.3 Å². The van der Waals surface area contributed by atoms with Gasteiger partial charge < -0.3 is 9.31 Å². The van der Waals surface area contributed by atoms with Gasteiger partial charge >= 0.3 is 7.12 Å². The standard InChI is InChI=1S/C15H25BN2O2/c1-11-8-12(9-11)10-18-13(6-7-17-18)16-19-14(2,3)15(4,5)20-16/h6-7,11-12H,8-10H2,1-5H3. The van der Waals surface area contributed by atoms with E-state index < -0.39 is 0 Å². The fourth-order valence-electron chi connectivity index (χ4n) is 3.12. The van der Waals surface area contributed by atoms with Crippen molar-refractivity contribution < 1.29 is 9.31 Å². The van der Waals surface area contributed by atoms with E-state index in [-0.39, 0.29) is 18.3 Å². The molecule has 0 amide bonds. The lowest BCUT2D eigenvalue weighted by Crippen LogP contribution is -2.41. The van der Waals surface area contributed by atoms with Crippen molar-refractivity contribution in [2.45, 2.75) is 65.2 Å². The number of rotatable bonds is 3. The highest BCUT2D eigenvalue weighted by atomic mass is 16.7. The second-order valence-electron chi connectivity index (χ2n) is 7.47. The van der Waals surface area contributed by atoms with Crippen LogP contribution in [0.25, 0.3) is 0 Å². The van der Waals surface area contributed by atoms with E-state index in [0.29, 0.717) is 0 Å². The van der Waals surface area contributed by atoms with Gasteiger partial charge in [-0.2, -0.15) is 5.10 Å². The van der Waals surface area contributed by atoms with Crippen molar-refractivity contribution in [1.29, 1.82) is 0 Å². The van der Waals surface area contributed by atoms with Crippen molar-refractivity contribution in [2.24, 2.45) is 11.8 Å². The van der Waals surface area contributed by atoms with Crippen LogP contribution in [0.15, 0.2) is 12.3 Å². The summed E-state index contributed by atoms with van der Waals surface area (Å²) in [7, 11) is -0.306. The summed E-state index contributed by atoms with van der Waals surface area (Å²) < 4.78 is 14.3. The Morgan fingerprint density at radius 1 is 1.25 bits per heavy atom. The van der Waals surface area contributed by atoms with Crippen LogP contribution in [-0.2, 0) is 15.9 Å². The van der Waals surface area contributed by atoms with E-state index in [1.807, 2.05) is 12.3 Å². The highest BCUT2D eigenvalue weighted by Crippen LogP contribution is 2.37. The lowest BCUT2D eigenvalue weighted by molar-refractivity contribution is 0.00578. The normalized spacial score (nSPS) is 31.4. The van der Waals surface area contributed by atoms with Gasteiger partial charge in [0.15, 0.2) is 0 Å². The molecule has 2 aliphatic rings. The summed E-state index contributed by atoms with van der Waals surface area (Å²) in [5.41, 5.74) is 0.457. The number of aromatic nitrogens is 2. The van der Waals surface area contributed by atoms with E-state index in [9.17, 15) is 0 Å². The third kappa shape index (κ3) is 2.31. The van der Waals surface area contributed by atoms with Gasteiger partial charge in [-0.1, -0.05) is 6.92 Å². The molecule has 0 bridgehead atoms. The zero-order valence-corrected chi connectivity index (χ0v) is 13.2. The molecule has 1 saturated heterocycles. The third-order valence-corrected chi connectivity index (χ3v) is 5.15. The molecule has 5 heteroatoms. The van der Waals surface area contributed by atoms with Gasteiger partial charge in [-0.05, 0) is 58.4 Å². The molecule has 0 unspecified atom stereocenters. The molecule has 0 N–H and O–H groups in total. The molecule has 1 saturated carbocycles. The largest absolute Gasteiger partial charge is 0.514 e. The maximum Gasteiger partial charge on any atom is 0.514 e. The Hall–Kier alpha value is -0.805. The van der Waals surface area contributed by atoms with Crippen LogP contribution < -0.4 is 5.59 Å². The van der Waals surface area contributed by atoms with Crippen LogP contribution in [0.1, 0.15) is 47.5 Å². The number of nitrogens with zero attached hydrogens (tertiary/aromatic N) is 2. The Kier molecular flexibility index (Phi) is 3.25. The monoisotopic (exact) mass is 276 g/mol. The Balaban J connectivity index is 1.74. The van der Waals surface area contributed by atoms with Gasteiger partial charge in [0.25, 0.3) is 0 Å². The van der Waals surface area contributed by atoms with E-state index in [1.165, 1.54) is 12.8 Å². The van der Waals surface area contributed by atoms with E-state index >= 15 is 0 Å². The van der Waals surface area contributed by atoms with E-state index in [4.69, 9.17) is 9.31 Å². The highest BCUT2D eigenvalue weighted by molar-refractivity contribution is 6.61. The van der Waals surface area contributed by atoms with Crippen LogP contribution >= 0.6 is 0 Å². The first kappa shape index (κ1) is 14.1. The minimum atomic E-state index is -0.306. The van der Waals surface area contributed by atoms with Crippen LogP contribution in [0.3, 0.4) is 0 Å². The lowest BCUT2D eigenvalue weighted by atomic mass is 9.76. The maximum atomic E-state index is 6.12. The molecule has 2 fully saturated rings. The average Bonchev–Trinajstić information content (AvgIpc) is 2.80. The molecule has 20 heavy (non-hydrogen) atoms. The molecule has 0 atom stereocenters. The van der Waals surface area contributed by atoms with Gasteiger partial charge in [-0.25, -0.2) is 0 Å². The Bertz CT molecular complexity index is 476. The number of hydrogen-bond acceptors (Lipinski definition) is 3. The van der Waals surface area contributed by atoms with Crippen LogP contribution in [0.4, 0.5) is 0 Å². The Morgan fingerprint density at radius 3 is 2.40 bits per heavy atom. The van der Waals surface area contributed by atoms with Crippen LogP contribution in [0.2, 0.25) is 0 Å². The summed E-state index contributed by atoms with van der Waals surface area (Å²) in [4.78, 5) is 0. The summed E-state index contributed by atoms with van der Waals surface area (Å²) in [6.45, 7) is 11.6. The van der Waals surface area contributed by atoms with E-state index in [0.717, 1.165) is 24.0 Å². The summed E-state index contributed by atoms with van der Waals surface area (Å²) in [6.07, 6.45) is 4.47. The number of hydrogen-bond donors (Lipinski definition) is 0. The quantitative estimate of drug-likeness (QED) is 0.794. The van der Waals surface area contributed by atoms with Gasteiger partial charge in [-0.3, -0.25) is 4.68 Å². The Labute approximate surface area is 122 Å². The molecule has 110 valence electrons. The summed E-state index contributed by atoms with van der Waals surface area (Å²) in [5.74, 6) is 1.63. The highest BCUT2D eigenvalue weighted by Gasteiger charge is 2.52. The van der Waals surface area contributed by atoms with Gasteiger partial charge in [0.1, 0.15) is 0 Å². The fraction of sp³-hybridized carbons (Fsp3) is 0.800. The van der Waals surface area contributed by atoms with Crippen molar-refractivity contribution in [1.82, 2.24) is 9.78 Å². The minimum absolute atomic E-state index is 0.294. The summed E-state index contributed by atoms with van der Waals surface area (Å²) in [6, 6.07) is 2.02. The molecular formula is C15H25BN2O2. The van der Waals surface area contributed by atoms with Crippen LogP contribution in [0, 0.1) is 11.8 Å². The molecule has 1 aromatic rings. The maximum absolute atomic E-state index is 6.12. The summed E-state index contributed by atoms with van der Waals surface area (Å²) >= 11 is 0.